The summed E-state index contributed by atoms with van der Waals surface area (Å²) in [5, 5.41) is 9.52. The van der Waals surface area contributed by atoms with E-state index >= 15 is 0 Å². The molecule has 0 saturated heterocycles. The van der Waals surface area contributed by atoms with E-state index < -0.39 is 6.04 Å². The maximum absolute atomic E-state index is 13.6. The minimum Gasteiger partial charge on any atom is -0.459 e. The van der Waals surface area contributed by atoms with Crippen LogP contribution in [0.4, 0.5) is 5.95 Å². The molecule has 0 bridgehead atoms. The SMILES string of the molecule is CC1=C(C(=O)OC2CCCCC2)C(c2ccc(C(C)C)cc2)n2nc(SCc3ccccc3Cl)nc2N1. The van der Waals surface area contributed by atoms with Crippen LogP contribution in [0.25, 0.3) is 0 Å². The fraction of sp³-hybridized carbons (Fsp3) is 0.414. The topological polar surface area (TPSA) is 69.0 Å². The lowest BCUT2D eigenvalue weighted by Crippen LogP contribution is -2.32. The van der Waals surface area contributed by atoms with Crippen molar-refractivity contribution in [3.63, 3.8) is 0 Å². The number of carbonyl (C=O) groups is 1. The molecule has 2 heterocycles. The summed E-state index contributed by atoms with van der Waals surface area (Å²) in [4.78, 5) is 18.4. The van der Waals surface area contributed by atoms with Gasteiger partial charge in [0.05, 0.1) is 5.57 Å². The molecule has 1 N–H and O–H groups in total. The first-order valence-corrected chi connectivity index (χ1v) is 14.4. The van der Waals surface area contributed by atoms with Gasteiger partial charge in [0.2, 0.25) is 11.1 Å². The van der Waals surface area contributed by atoms with Gasteiger partial charge in [-0.2, -0.15) is 4.98 Å². The van der Waals surface area contributed by atoms with E-state index in [9.17, 15) is 4.79 Å². The van der Waals surface area contributed by atoms with Crippen LogP contribution in [0.5, 0.6) is 0 Å². The number of nitrogens with one attached hydrogen (secondary N) is 1. The summed E-state index contributed by atoms with van der Waals surface area (Å²) in [6.45, 7) is 6.27. The average Bonchev–Trinajstić information content (AvgIpc) is 3.30. The second kappa shape index (κ2) is 11.3. The quantitative estimate of drug-likeness (QED) is 0.249. The predicted molar refractivity (Wildman–Crippen MR) is 149 cm³/mol. The summed E-state index contributed by atoms with van der Waals surface area (Å²) < 4.78 is 7.86. The van der Waals surface area contributed by atoms with E-state index in [4.69, 9.17) is 26.4 Å². The first kappa shape index (κ1) is 25.9. The Balaban J connectivity index is 1.47. The highest BCUT2D eigenvalue weighted by Crippen LogP contribution is 2.38. The van der Waals surface area contributed by atoms with Crippen molar-refractivity contribution >= 4 is 35.3 Å². The highest BCUT2D eigenvalue weighted by Gasteiger charge is 2.36. The van der Waals surface area contributed by atoms with E-state index in [1.54, 1.807) is 0 Å². The van der Waals surface area contributed by atoms with Crippen molar-refractivity contribution in [1.29, 1.82) is 0 Å². The van der Waals surface area contributed by atoms with Crippen molar-refractivity contribution in [1.82, 2.24) is 14.8 Å². The number of fused-ring (bicyclic) bond motifs is 1. The number of nitrogens with zero attached hydrogens (tertiary/aromatic N) is 3. The number of esters is 1. The Labute approximate surface area is 227 Å². The monoisotopic (exact) mass is 536 g/mol. The molecule has 1 atom stereocenters. The number of aromatic nitrogens is 3. The number of hydrogen-bond acceptors (Lipinski definition) is 6. The second-order valence-electron chi connectivity index (χ2n) is 10.1. The third-order valence-corrected chi connectivity index (χ3v) is 8.37. The summed E-state index contributed by atoms with van der Waals surface area (Å²) >= 11 is 7.87. The zero-order valence-electron chi connectivity index (χ0n) is 21.5. The summed E-state index contributed by atoms with van der Waals surface area (Å²) in [6.07, 6.45) is 5.25. The number of allylic oxidation sites excluding steroid dienone is 1. The number of rotatable bonds is 7. The Bertz CT molecular complexity index is 1300. The number of thioether (sulfide) groups is 1. The van der Waals surface area contributed by atoms with Crippen LogP contribution in [0.1, 0.15) is 81.5 Å². The molecule has 1 aliphatic heterocycles. The first-order chi connectivity index (χ1) is 17.9. The molecule has 0 amide bonds. The van der Waals surface area contributed by atoms with E-state index in [1.807, 2.05) is 35.9 Å². The molecular formula is C29H33ClN4O2S. The Morgan fingerprint density at radius 2 is 1.86 bits per heavy atom. The molecular weight excluding hydrogens is 504 g/mol. The van der Waals surface area contributed by atoms with Crippen molar-refractivity contribution in [3.8, 4) is 0 Å². The van der Waals surface area contributed by atoms with Gasteiger partial charge in [0, 0.05) is 16.5 Å². The second-order valence-corrected chi connectivity index (χ2v) is 11.4. The smallest absolute Gasteiger partial charge is 0.338 e. The maximum Gasteiger partial charge on any atom is 0.338 e. The lowest BCUT2D eigenvalue weighted by Gasteiger charge is -2.30. The van der Waals surface area contributed by atoms with Gasteiger partial charge in [0.25, 0.3) is 0 Å². The van der Waals surface area contributed by atoms with Crippen LogP contribution >= 0.6 is 23.4 Å². The molecule has 6 nitrogen and oxygen atoms in total. The van der Waals surface area contributed by atoms with Gasteiger partial charge in [-0.1, -0.05) is 86.1 Å². The van der Waals surface area contributed by atoms with Crippen molar-refractivity contribution < 1.29 is 9.53 Å². The Morgan fingerprint density at radius 3 is 2.57 bits per heavy atom. The highest BCUT2D eigenvalue weighted by molar-refractivity contribution is 7.98. The molecule has 8 heteroatoms. The van der Waals surface area contributed by atoms with E-state index in [1.165, 1.54) is 23.7 Å². The predicted octanol–water partition coefficient (Wildman–Crippen LogP) is 7.51. The molecule has 0 radical (unpaired) electrons. The van der Waals surface area contributed by atoms with E-state index in [-0.39, 0.29) is 12.1 Å². The minimum atomic E-state index is -0.421. The Hall–Kier alpha value is -2.77. The highest BCUT2D eigenvalue weighted by atomic mass is 35.5. The molecule has 1 aliphatic carbocycles. The number of carbonyl (C=O) groups excluding carboxylic acids is 1. The average molecular weight is 537 g/mol. The molecule has 3 aromatic rings. The van der Waals surface area contributed by atoms with Gasteiger partial charge in [-0.25, -0.2) is 9.48 Å². The molecule has 0 spiro atoms. The first-order valence-electron chi connectivity index (χ1n) is 13.0. The molecule has 1 saturated carbocycles. The van der Waals surface area contributed by atoms with Crippen molar-refractivity contribution in [2.24, 2.45) is 0 Å². The van der Waals surface area contributed by atoms with Gasteiger partial charge in [-0.3, -0.25) is 0 Å². The number of ether oxygens (including phenoxy) is 1. The van der Waals surface area contributed by atoms with Crippen molar-refractivity contribution in [2.45, 2.75) is 81.8 Å². The summed E-state index contributed by atoms with van der Waals surface area (Å²) in [5.74, 6) is 1.41. The van der Waals surface area contributed by atoms with Gasteiger partial charge >= 0.3 is 5.97 Å². The Kier molecular flexibility index (Phi) is 7.91. The van der Waals surface area contributed by atoms with Crippen LogP contribution in [0.15, 0.2) is 65.0 Å². The summed E-state index contributed by atoms with van der Waals surface area (Å²) in [6, 6.07) is 15.8. The van der Waals surface area contributed by atoms with Crippen molar-refractivity contribution in [2.75, 3.05) is 5.32 Å². The van der Waals surface area contributed by atoms with E-state index in [0.29, 0.717) is 28.3 Å². The Morgan fingerprint density at radius 1 is 1.14 bits per heavy atom. The lowest BCUT2D eigenvalue weighted by molar-refractivity contribution is -0.146. The van der Waals surface area contributed by atoms with E-state index in [2.05, 4.69) is 43.4 Å². The number of benzene rings is 2. The standard InChI is InChI=1S/C29H33ClN4O2S/c1-18(2)20-13-15-21(16-14-20)26-25(27(35)36-23-10-5-4-6-11-23)19(3)31-28-32-29(33-34(26)28)37-17-22-9-7-8-12-24(22)30/h7-9,12-16,18,23,26H,4-6,10-11,17H2,1-3H3,(H,31,32,33). The normalized spacial score (nSPS) is 18.0. The minimum absolute atomic E-state index is 0.0237. The maximum atomic E-state index is 13.6. The zero-order chi connectivity index (χ0) is 25.9. The molecule has 2 aromatic carbocycles. The van der Waals surface area contributed by atoms with Gasteiger partial charge in [-0.05, 0) is 61.3 Å². The largest absolute Gasteiger partial charge is 0.459 e. The fourth-order valence-electron chi connectivity index (χ4n) is 4.98. The third-order valence-electron chi connectivity index (χ3n) is 7.11. The van der Waals surface area contributed by atoms with Gasteiger partial charge in [-0.15, -0.1) is 5.10 Å². The van der Waals surface area contributed by atoms with Gasteiger partial charge < -0.3 is 10.1 Å². The van der Waals surface area contributed by atoms with Crippen LogP contribution < -0.4 is 5.32 Å². The van der Waals surface area contributed by atoms with Crippen molar-refractivity contribution in [3.05, 3.63) is 81.5 Å². The molecule has 37 heavy (non-hydrogen) atoms. The van der Waals surface area contributed by atoms with E-state index in [0.717, 1.165) is 47.5 Å². The lowest BCUT2D eigenvalue weighted by atomic mass is 9.93. The number of hydrogen-bond donors (Lipinski definition) is 1. The van der Waals surface area contributed by atoms with Crippen LogP contribution in [0.2, 0.25) is 5.02 Å². The van der Waals surface area contributed by atoms with Gasteiger partial charge in [0.15, 0.2) is 0 Å². The molecule has 1 unspecified atom stereocenters. The fourth-order valence-corrected chi connectivity index (χ4v) is 6.10. The molecule has 5 rings (SSSR count). The third kappa shape index (κ3) is 5.73. The summed E-state index contributed by atoms with van der Waals surface area (Å²) in [5.41, 5.74) is 4.60. The zero-order valence-corrected chi connectivity index (χ0v) is 23.1. The number of anilines is 1. The molecule has 2 aliphatic rings. The summed E-state index contributed by atoms with van der Waals surface area (Å²) in [7, 11) is 0. The molecule has 1 fully saturated rings. The van der Waals surface area contributed by atoms with Gasteiger partial charge in [0.1, 0.15) is 12.1 Å². The van der Waals surface area contributed by atoms with Crippen LogP contribution in [-0.2, 0) is 15.3 Å². The molecule has 194 valence electrons. The number of halogens is 1. The molecule has 1 aromatic heterocycles. The van der Waals surface area contributed by atoms with Crippen LogP contribution in [-0.4, -0.2) is 26.8 Å². The van der Waals surface area contributed by atoms with Crippen LogP contribution in [0, 0.1) is 0 Å². The van der Waals surface area contributed by atoms with Crippen LogP contribution in [0.3, 0.4) is 0 Å².